The summed E-state index contributed by atoms with van der Waals surface area (Å²) in [5, 5.41) is 9.57. The molecule has 0 unspecified atom stereocenters. The van der Waals surface area contributed by atoms with E-state index in [9.17, 15) is 4.39 Å². The number of ether oxygens (including phenoxy) is 1. The fourth-order valence-electron chi connectivity index (χ4n) is 2.66. The van der Waals surface area contributed by atoms with Gasteiger partial charge in [0.25, 0.3) is 0 Å². The molecule has 0 aliphatic carbocycles. The van der Waals surface area contributed by atoms with Gasteiger partial charge in [-0.05, 0) is 31.2 Å². The molecule has 1 aromatic heterocycles. The molecule has 3 rings (SSSR count). The topological polar surface area (TPSA) is 43.2 Å². The summed E-state index contributed by atoms with van der Waals surface area (Å²) in [6.45, 7) is 11.1. The van der Waals surface area contributed by atoms with Gasteiger partial charge in [-0.25, -0.2) is 4.39 Å². The molecule has 25 heavy (non-hydrogen) atoms. The van der Waals surface area contributed by atoms with Crippen LogP contribution in [0.5, 0.6) is 0 Å². The van der Waals surface area contributed by atoms with Crippen LogP contribution < -0.4 is 0 Å². The maximum atomic E-state index is 13.2. The Labute approximate surface area is 151 Å². The number of hydrogen-bond donors (Lipinski definition) is 0. The van der Waals surface area contributed by atoms with Gasteiger partial charge in [-0.1, -0.05) is 23.9 Å². The van der Waals surface area contributed by atoms with Crippen LogP contribution in [0.25, 0.3) is 11.4 Å². The molecular formula is C18H23FN4OS. The lowest BCUT2D eigenvalue weighted by molar-refractivity contribution is 0.0361. The van der Waals surface area contributed by atoms with Gasteiger partial charge in [-0.15, -0.1) is 10.2 Å². The smallest absolute Gasteiger partial charge is 0.191 e. The minimum atomic E-state index is -0.250. The first-order valence-electron chi connectivity index (χ1n) is 8.40. The van der Waals surface area contributed by atoms with E-state index in [1.165, 1.54) is 12.1 Å². The van der Waals surface area contributed by atoms with Crippen molar-refractivity contribution in [3.63, 3.8) is 0 Å². The Bertz CT molecular complexity index is 710. The first kappa shape index (κ1) is 18.1. The zero-order valence-electron chi connectivity index (χ0n) is 14.4. The highest BCUT2D eigenvalue weighted by molar-refractivity contribution is 7.99. The Morgan fingerprint density at radius 1 is 1.20 bits per heavy atom. The van der Waals surface area contributed by atoms with Crippen LogP contribution in [0.3, 0.4) is 0 Å². The van der Waals surface area contributed by atoms with Crippen molar-refractivity contribution in [2.24, 2.45) is 0 Å². The second kappa shape index (κ2) is 8.60. The van der Waals surface area contributed by atoms with Gasteiger partial charge in [0.1, 0.15) is 5.82 Å². The van der Waals surface area contributed by atoms with E-state index in [1.807, 2.05) is 6.92 Å². The van der Waals surface area contributed by atoms with Crippen molar-refractivity contribution in [1.29, 1.82) is 0 Å². The number of benzene rings is 1. The second-order valence-electron chi connectivity index (χ2n) is 6.16. The van der Waals surface area contributed by atoms with E-state index < -0.39 is 0 Å². The lowest BCUT2D eigenvalue weighted by atomic mass is 10.2. The molecule has 0 atom stereocenters. The first-order valence-corrected chi connectivity index (χ1v) is 9.38. The van der Waals surface area contributed by atoms with Crippen molar-refractivity contribution in [3.8, 4) is 11.4 Å². The molecule has 1 aliphatic heterocycles. The van der Waals surface area contributed by atoms with Crippen molar-refractivity contribution in [1.82, 2.24) is 19.7 Å². The van der Waals surface area contributed by atoms with E-state index in [1.54, 1.807) is 23.9 Å². The highest BCUT2D eigenvalue weighted by Gasteiger charge is 2.17. The average Bonchev–Trinajstić information content (AvgIpc) is 3.02. The van der Waals surface area contributed by atoms with Gasteiger partial charge in [0.05, 0.1) is 13.2 Å². The van der Waals surface area contributed by atoms with E-state index in [2.05, 4.69) is 26.2 Å². The number of nitrogens with zero attached hydrogens (tertiary/aromatic N) is 4. The van der Waals surface area contributed by atoms with Crippen LogP contribution in [0.2, 0.25) is 0 Å². The maximum absolute atomic E-state index is 13.2. The molecule has 0 amide bonds. The van der Waals surface area contributed by atoms with Gasteiger partial charge in [0.2, 0.25) is 0 Å². The van der Waals surface area contributed by atoms with Gasteiger partial charge in [-0.3, -0.25) is 4.90 Å². The van der Waals surface area contributed by atoms with Gasteiger partial charge in [0, 0.05) is 37.5 Å². The molecule has 7 heteroatoms. The second-order valence-corrected chi connectivity index (χ2v) is 7.11. The average molecular weight is 362 g/mol. The lowest BCUT2D eigenvalue weighted by Gasteiger charge is -2.27. The summed E-state index contributed by atoms with van der Waals surface area (Å²) in [4.78, 5) is 2.38. The summed E-state index contributed by atoms with van der Waals surface area (Å²) in [6.07, 6.45) is 0. The standard InChI is InChI=1S/C18H23FN4OS/c1-14(2)13-25-18-21-20-17(15-3-5-16(19)6-4-15)23(18)8-7-22-9-11-24-12-10-22/h3-6H,1,7-13H2,2H3. The number of rotatable bonds is 7. The molecule has 2 aromatic rings. The quantitative estimate of drug-likeness (QED) is 0.559. The van der Waals surface area contributed by atoms with Crippen LogP contribution in [0, 0.1) is 5.82 Å². The summed E-state index contributed by atoms with van der Waals surface area (Å²) in [5.41, 5.74) is 1.97. The Balaban J connectivity index is 1.80. The van der Waals surface area contributed by atoms with Gasteiger partial charge >= 0.3 is 0 Å². The molecule has 134 valence electrons. The zero-order valence-corrected chi connectivity index (χ0v) is 15.3. The monoisotopic (exact) mass is 362 g/mol. The van der Waals surface area contributed by atoms with Crippen molar-refractivity contribution in [2.45, 2.75) is 18.6 Å². The third-order valence-corrected chi connectivity index (χ3v) is 5.21. The van der Waals surface area contributed by atoms with Gasteiger partial charge in [0.15, 0.2) is 11.0 Å². The number of morpholine rings is 1. The molecular weight excluding hydrogens is 339 g/mol. The number of hydrogen-bond acceptors (Lipinski definition) is 5. The summed E-state index contributed by atoms with van der Waals surface area (Å²) >= 11 is 1.63. The largest absolute Gasteiger partial charge is 0.379 e. The fourth-order valence-corrected chi connectivity index (χ4v) is 3.47. The van der Waals surface area contributed by atoms with E-state index in [0.717, 1.165) is 67.3 Å². The van der Waals surface area contributed by atoms with E-state index in [4.69, 9.17) is 4.74 Å². The highest BCUT2D eigenvalue weighted by atomic mass is 32.2. The molecule has 5 nitrogen and oxygen atoms in total. The Morgan fingerprint density at radius 2 is 1.92 bits per heavy atom. The molecule has 2 heterocycles. The van der Waals surface area contributed by atoms with Crippen molar-refractivity contribution < 1.29 is 9.13 Å². The number of thioether (sulfide) groups is 1. The minimum Gasteiger partial charge on any atom is -0.379 e. The van der Waals surface area contributed by atoms with E-state index in [-0.39, 0.29) is 5.82 Å². The Hall–Kier alpha value is -1.70. The van der Waals surface area contributed by atoms with Crippen LogP contribution in [0.4, 0.5) is 4.39 Å². The Kier molecular flexibility index (Phi) is 6.23. The molecule has 0 N–H and O–H groups in total. The van der Waals surface area contributed by atoms with Crippen molar-refractivity contribution in [3.05, 3.63) is 42.2 Å². The summed E-state index contributed by atoms with van der Waals surface area (Å²) in [5.74, 6) is 1.33. The molecule has 0 bridgehead atoms. The van der Waals surface area contributed by atoms with Gasteiger partial charge in [-0.2, -0.15) is 0 Å². The van der Waals surface area contributed by atoms with Crippen LogP contribution in [-0.4, -0.2) is 58.3 Å². The Morgan fingerprint density at radius 3 is 2.60 bits per heavy atom. The van der Waals surface area contributed by atoms with Crippen LogP contribution in [0.1, 0.15) is 6.92 Å². The van der Waals surface area contributed by atoms with Crippen LogP contribution in [-0.2, 0) is 11.3 Å². The van der Waals surface area contributed by atoms with E-state index in [0.29, 0.717) is 0 Å². The third-order valence-electron chi connectivity index (χ3n) is 4.01. The predicted octanol–water partition coefficient (Wildman–Crippen LogP) is 3.08. The number of halogens is 1. The molecule has 0 radical (unpaired) electrons. The summed E-state index contributed by atoms with van der Waals surface area (Å²) in [7, 11) is 0. The molecule has 1 saturated heterocycles. The molecule has 1 fully saturated rings. The van der Waals surface area contributed by atoms with Crippen LogP contribution >= 0.6 is 11.8 Å². The zero-order chi connectivity index (χ0) is 17.6. The summed E-state index contributed by atoms with van der Waals surface area (Å²) in [6, 6.07) is 6.41. The normalized spacial score (nSPS) is 15.4. The molecule has 1 aromatic carbocycles. The first-order chi connectivity index (χ1) is 12.1. The third kappa shape index (κ3) is 4.90. The number of aromatic nitrogens is 3. The minimum absolute atomic E-state index is 0.250. The SMILES string of the molecule is C=C(C)CSc1nnc(-c2ccc(F)cc2)n1CCN1CCOCC1. The lowest BCUT2D eigenvalue weighted by Crippen LogP contribution is -2.38. The molecule has 0 spiro atoms. The maximum Gasteiger partial charge on any atom is 0.191 e. The fraction of sp³-hybridized carbons (Fsp3) is 0.444. The summed E-state index contributed by atoms with van der Waals surface area (Å²) < 4.78 is 20.8. The van der Waals surface area contributed by atoms with Crippen molar-refractivity contribution >= 4 is 11.8 Å². The highest BCUT2D eigenvalue weighted by Crippen LogP contribution is 2.25. The molecule has 0 saturated carbocycles. The van der Waals surface area contributed by atoms with Crippen molar-refractivity contribution in [2.75, 3.05) is 38.6 Å². The van der Waals surface area contributed by atoms with Crippen LogP contribution in [0.15, 0.2) is 41.6 Å². The molecule has 1 aliphatic rings. The van der Waals surface area contributed by atoms with E-state index >= 15 is 0 Å². The predicted molar refractivity (Wildman–Crippen MR) is 98.2 cm³/mol. The van der Waals surface area contributed by atoms with Gasteiger partial charge < -0.3 is 9.30 Å².